The van der Waals surface area contributed by atoms with Gasteiger partial charge < -0.3 is 19.9 Å². The van der Waals surface area contributed by atoms with Crippen molar-refractivity contribution in [3.05, 3.63) is 35.9 Å². The topological polar surface area (TPSA) is 117 Å². The molecule has 0 heterocycles. The van der Waals surface area contributed by atoms with Gasteiger partial charge >= 0.3 is 12.2 Å². The van der Waals surface area contributed by atoms with Gasteiger partial charge in [-0.15, -0.1) is 0 Å². The minimum atomic E-state index is -1.63. The number of aliphatic hydroxyl groups excluding tert-OH is 1. The predicted molar refractivity (Wildman–Crippen MR) is 111 cm³/mol. The van der Waals surface area contributed by atoms with E-state index in [0.29, 0.717) is 0 Å². The molecule has 0 saturated carbocycles. The Kier molecular flexibility index (Phi) is 8.65. The Morgan fingerprint density at radius 3 is 2.03 bits per heavy atom. The second-order valence-electron chi connectivity index (χ2n) is 8.85. The van der Waals surface area contributed by atoms with E-state index in [1.165, 1.54) is 6.92 Å². The van der Waals surface area contributed by atoms with Crippen LogP contribution < -0.4 is 10.7 Å². The number of carbonyl (C=O) groups is 3. The van der Waals surface area contributed by atoms with Gasteiger partial charge in [0.1, 0.15) is 11.2 Å². The summed E-state index contributed by atoms with van der Waals surface area (Å²) in [7, 11) is 0. The van der Waals surface area contributed by atoms with Crippen LogP contribution in [-0.2, 0) is 20.8 Å². The Hall–Kier alpha value is -2.81. The summed E-state index contributed by atoms with van der Waals surface area (Å²) in [5.74, 6) is -0.703. The minimum absolute atomic E-state index is 0.204. The standard InChI is InChI=1S/C21H33N3O6/c1-14(16(25)17(26)22-13-15-11-9-8-10-12-15)24(19(28)30-21(5,6)7)23-18(27)29-20(2,3)4/h8-12,14,16,25H,13H2,1-7H3,(H,22,26)(H,23,27)/t14-,16?/m0/s1. The van der Waals surface area contributed by atoms with E-state index in [0.717, 1.165) is 10.6 Å². The smallest absolute Gasteiger partial charge is 0.429 e. The summed E-state index contributed by atoms with van der Waals surface area (Å²) < 4.78 is 10.4. The molecule has 2 atom stereocenters. The van der Waals surface area contributed by atoms with Gasteiger partial charge in [0.05, 0.1) is 6.04 Å². The molecule has 9 nitrogen and oxygen atoms in total. The lowest BCUT2D eigenvalue weighted by molar-refractivity contribution is -0.133. The molecule has 1 aromatic rings. The Morgan fingerprint density at radius 2 is 1.53 bits per heavy atom. The molecule has 30 heavy (non-hydrogen) atoms. The third-order valence-electron chi connectivity index (χ3n) is 3.64. The number of hydrogen-bond acceptors (Lipinski definition) is 6. The number of amides is 3. The van der Waals surface area contributed by atoms with E-state index in [9.17, 15) is 19.5 Å². The van der Waals surface area contributed by atoms with Crippen LogP contribution in [0.4, 0.5) is 9.59 Å². The number of ether oxygens (including phenoxy) is 2. The van der Waals surface area contributed by atoms with Crippen LogP contribution >= 0.6 is 0 Å². The van der Waals surface area contributed by atoms with Gasteiger partial charge in [0.25, 0.3) is 5.91 Å². The number of hydrogen-bond donors (Lipinski definition) is 3. The van der Waals surface area contributed by atoms with Crippen LogP contribution in [0.3, 0.4) is 0 Å². The molecule has 1 unspecified atom stereocenters. The van der Waals surface area contributed by atoms with Crippen LogP contribution in [0, 0.1) is 0 Å². The van der Waals surface area contributed by atoms with Crippen LogP contribution in [0.2, 0.25) is 0 Å². The van der Waals surface area contributed by atoms with Gasteiger partial charge in [0.15, 0.2) is 6.10 Å². The second kappa shape index (κ2) is 10.3. The lowest BCUT2D eigenvalue weighted by Crippen LogP contribution is -2.59. The van der Waals surface area contributed by atoms with Crippen LogP contribution in [0.25, 0.3) is 0 Å². The van der Waals surface area contributed by atoms with E-state index in [1.54, 1.807) is 41.5 Å². The van der Waals surface area contributed by atoms with Crippen LogP contribution in [0.15, 0.2) is 30.3 Å². The summed E-state index contributed by atoms with van der Waals surface area (Å²) in [6.45, 7) is 11.6. The fourth-order valence-corrected chi connectivity index (χ4v) is 2.27. The highest BCUT2D eigenvalue weighted by Gasteiger charge is 2.35. The molecule has 1 aromatic carbocycles. The van der Waals surface area contributed by atoms with Gasteiger partial charge in [-0.2, -0.15) is 0 Å². The number of hydrazine groups is 1. The van der Waals surface area contributed by atoms with E-state index in [2.05, 4.69) is 10.7 Å². The van der Waals surface area contributed by atoms with Gasteiger partial charge in [0.2, 0.25) is 0 Å². The molecular weight excluding hydrogens is 390 g/mol. The molecule has 0 spiro atoms. The molecule has 168 valence electrons. The van der Waals surface area contributed by atoms with Crippen LogP contribution in [0.5, 0.6) is 0 Å². The lowest BCUT2D eigenvalue weighted by Gasteiger charge is -2.33. The SMILES string of the molecule is C[C@@H](C(O)C(=O)NCc1ccccc1)N(NC(=O)OC(C)(C)C)C(=O)OC(C)(C)C. The summed E-state index contributed by atoms with van der Waals surface area (Å²) in [6.07, 6.45) is -3.48. The summed E-state index contributed by atoms with van der Waals surface area (Å²) in [6, 6.07) is 8.03. The molecular formula is C21H33N3O6. The predicted octanol–water partition coefficient (Wildman–Crippen LogP) is 2.73. The lowest BCUT2D eigenvalue weighted by atomic mass is 10.1. The molecule has 0 radical (unpaired) electrons. The first-order valence-corrected chi connectivity index (χ1v) is 9.71. The number of nitrogens with one attached hydrogen (secondary N) is 2. The number of benzene rings is 1. The zero-order valence-electron chi connectivity index (χ0n) is 18.7. The van der Waals surface area contributed by atoms with E-state index in [1.807, 2.05) is 30.3 Å². The number of aliphatic hydroxyl groups is 1. The van der Waals surface area contributed by atoms with Crippen LogP contribution in [0.1, 0.15) is 54.0 Å². The van der Waals surface area contributed by atoms with Gasteiger partial charge in [-0.25, -0.2) is 20.0 Å². The van der Waals surface area contributed by atoms with Gasteiger partial charge in [-0.05, 0) is 54.0 Å². The molecule has 9 heteroatoms. The van der Waals surface area contributed by atoms with E-state index < -0.39 is 41.4 Å². The molecule has 0 aliphatic rings. The Balaban J connectivity index is 2.89. The van der Waals surface area contributed by atoms with Crippen molar-refractivity contribution >= 4 is 18.1 Å². The Bertz CT molecular complexity index is 724. The van der Waals surface area contributed by atoms with Crippen molar-refractivity contribution in [3.8, 4) is 0 Å². The highest BCUT2D eigenvalue weighted by Crippen LogP contribution is 2.14. The highest BCUT2D eigenvalue weighted by atomic mass is 16.6. The van der Waals surface area contributed by atoms with Crippen molar-refractivity contribution in [2.45, 2.75) is 78.4 Å². The fourth-order valence-electron chi connectivity index (χ4n) is 2.27. The first-order valence-electron chi connectivity index (χ1n) is 9.71. The first-order chi connectivity index (χ1) is 13.7. The molecule has 0 aliphatic heterocycles. The molecule has 1 rings (SSSR count). The molecule has 0 aliphatic carbocycles. The highest BCUT2D eigenvalue weighted by molar-refractivity contribution is 5.82. The summed E-state index contributed by atoms with van der Waals surface area (Å²) in [5, 5.41) is 13.8. The zero-order chi connectivity index (χ0) is 23.1. The van der Waals surface area contributed by atoms with Crippen molar-refractivity contribution in [3.63, 3.8) is 0 Å². The van der Waals surface area contributed by atoms with Crippen molar-refractivity contribution < 1.29 is 29.0 Å². The van der Waals surface area contributed by atoms with E-state index in [-0.39, 0.29) is 6.54 Å². The largest absolute Gasteiger partial charge is 0.443 e. The van der Waals surface area contributed by atoms with E-state index in [4.69, 9.17) is 9.47 Å². The maximum Gasteiger partial charge on any atom is 0.429 e. The summed E-state index contributed by atoms with van der Waals surface area (Å²) in [5.41, 5.74) is 1.45. The maximum atomic E-state index is 12.6. The third-order valence-corrected chi connectivity index (χ3v) is 3.64. The molecule has 0 fully saturated rings. The average molecular weight is 424 g/mol. The average Bonchev–Trinajstić information content (AvgIpc) is 2.61. The number of nitrogens with zero attached hydrogens (tertiary/aromatic N) is 1. The summed E-state index contributed by atoms with van der Waals surface area (Å²) >= 11 is 0. The molecule has 0 bridgehead atoms. The van der Waals surface area contributed by atoms with Crippen molar-refractivity contribution in [1.82, 2.24) is 15.8 Å². The molecule has 3 amide bonds. The van der Waals surface area contributed by atoms with Crippen molar-refractivity contribution in [2.24, 2.45) is 0 Å². The molecule has 0 aromatic heterocycles. The number of rotatable bonds is 5. The van der Waals surface area contributed by atoms with Crippen molar-refractivity contribution in [1.29, 1.82) is 0 Å². The van der Waals surface area contributed by atoms with Gasteiger partial charge in [0, 0.05) is 6.54 Å². The molecule has 3 N–H and O–H groups in total. The van der Waals surface area contributed by atoms with Crippen molar-refractivity contribution in [2.75, 3.05) is 0 Å². The zero-order valence-corrected chi connectivity index (χ0v) is 18.7. The van der Waals surface area contributed by atoms with Gasteiger partial charge in [-0.3, -0.25) is 4.79 Å². The third kappa shape index (κ3) is 9.13. The summed E-state index contributed by atoms with van der Waals surface area (Å²) in [4.78, 5) is 37.2. The quantitative estimate of drug-likeness (QED) is 0.627. The van der Waals surface area contributed by atoms with E-state index >= 15 is 0 Å². The minimum Gasteiger partial charge on any atom is -0.443 e. The fraction of sp³-hybridized carbons (Fsp3) is 0.571. The van der Waals surface area contributed by atoms with Crippen LogP contribution in [-0.4, -0.2) is 51.6 Å². The Labute approximate surface area is 177 Å². The maximum absolute atomic E-state index is 12.6. The molecule has 0 saturated heterocycles. The Morgan fingerprint density at radius 1 is 1.00 bits per heavy atom. The number of carbonyl (C=O) groups excluding carboxylic acids is 3. The normalized spacial score (nSPS) is 13.6. The second-order valence-corrected chi connectivity index (χ2v) is 8.85. The monoisotopic (exact) mass is 423 g/mol. The first kappa shape index (κ1) is 25.2. The van der Waals surface area contributed by atoms with Gasteiger partial charge in [-0.1, -0.05) is 30.3 Å².